The summed E-state index contributed by atoms with van der Waals surface area (Å²) >= 11 is 3.27. The SMILES string of the molecule is O=C(Nc1ccc(F)cc1Br)C1C2CCCCC21. The lowest BCUT2D eigenvalue weighted by atomic mass is 10.0. The van der Waals surface area contributed by atoms with Crippen LogP contribution in [0.5, 0.6) is 0 Å². The minimum Gasteiger partial charge on any atom is -0.325 e. The van der Waals surface area contributed by atoms with E-state index in [0.29, 0.717) is 22.0 Å². The van der Waals surface area contributed by atoms with Gasteiger partial charge in [0, 0.05) is 10.4 Å². The summed E-state index contributed by atoms with van der Waals surface area (Å²) in [5.41, 5.74) is 0.657. The van der Waals surface area contributed by atoms with Gasteiger partial charge in [0.05, 0.1) is 5.69 Å². The fraction of sp³-hybridized carbons (Fsp3) is 0.500. The molecule has 0 heterocycles. The molecule has 18 heavy (non-hydrogen) atoms. The van der Waals surface area contributed by atoms with E-state index in [1.54, 1.807) is 6.07 Å². The smallest absolute Gasteiger partial charge is 0.228 e. The average molecular weight is 312 g/mol. The number of hydrogen-bond donors (Lipinski definition) is 1. The third-order valence-corrected chi connectivity index (χ3v) is 4.80. The Labute approximate surface area is 114 Å². The third kappa shape index (κ3) is 2.18. The standard InChI is InChI=1S/C14H15BrFNO/c15-11-7-8(16)5-6-12(11)17-14(18)13-9-3-1-2-4-10(9)13/h5-7,9-10,13H,1-4H2,(H,17,18). The highest BCUT2D eigenvalue weighted by molar-refractivity contribution is 9.10. The number of carbonyl (C=O) groups excluding carboxylic acids is 1. The zero-order valence-electron chi connectivity index (χ0n) is 9.96. The third-order valence-electron chi connectivity index (χ3n) is 4.15. The van der Waals surface area contributed by atoms with Crippen molar-refractivity contribution in [3.8, 4) is 0 Å². The molecule has 4 heteroatoms. The number of halogens is 2. The molecular formula is C14H15BrFNO. The molecule has 96 valence electrons. The van der Waals surface area contributed by atoms with E-state index in [2.05, 4.69) is 21.2 Å². The fourth-order valence-corrected chi connectivity index (χ4v) is 3.64. The van der Waals surface area contributed by atoms with Crippen molar-refractivity contribution in [1.82, 2.24) is 0 Å². The van der Waals surface area contributed by atoms with Crippen LogP contribution in [0, 0.1) is 23.6 Å². The lowest BCUT2D eigenvalue weighted by molar-refractivity contribution is -0.117. The van der Waals surface area contributed by atoms with Crippen LogP contribution in [0.2, 0.25) is 0 Å². The highest BCUT2D eigenvalue weighted by Gasteiger charge is 2.54. The molecule has 2 atom stereocenters. The van der Waals surface area contributed by atoms with Gasteiger partial charge in [0.25, 0.3) is 0 Å². The summed E-state index contributed by atoms with van der Waals surface area (Å²) in [7, 11) is 0. The van der Waals surface area contributed by atoms with Crippen LogP contribution in [0.15, 0.2) is 22.7 Å². The van der Waals surface area contributed by atoms with Crippen LogP contribution >= 0.6 is 15.9 Å². The Bertz CT molecular complexity index is 479. The molecule has 0 aliphatic heterocycles. The maximum absolute atomic E-state index is 13.0. The highest BCUT2D eigenvalue weighted by Crippen LogP contribution is 2.55. The molecule has 0 saturated heterocycles. The number of amides is 1. The maximum Gasteiger partial charge on any atom is 0.228 e. The van der Waals surface area contributed by atoms with E-state index in [4.69, 9.17) is 0 Å². The van der Waals surface area contributed by atoms with Crippen LogP contribution in [-0.4, -0.2) is 5.91 Å². The first kappa shape index (κ1) is 12.2. The van der Waals surface area contributed by atoms with Gasteiger partial charge in [-0.2, -0.15) is 0 Å². The van der Waals surface area contributed by atoms with Crippen LogP contribution in [-0.2, 0) is 4.79 Å². The summed E-state index contributed by atoms with van der Waals surface area (Å²) < 4.78 is 13.6. The van der Waals surface area contributed by atoms with Crippen molar-refractivity contribution in [1.29, 1.82) is 0 Å². The molecule has 2 aliphatic carbocycles. The quantitative estimate of drug-likeness (QED) is 0.880. The number of carbonyl (C=O) groups is 1. The van der Waals surface area contributed by atoms with Gasteiger partial charge in [-0.05, 0) is 58.8 Å². The molecule has 0 radical (unpaired) electrons. The van der Waals surface area contributed by atoms with Gasteiger partial charge in [-0.15, -0.1) is 0 Å². The molecule has 1 amide bonds. The molecule has 1 N–H and O–H groups in total. The molecule has 2 fully saturated rings. The number of anilines is 1. The minimum absolute atomic E-state index is 0.0965. The predicted octanol–water partition coefficient (Wildman–Crippen LogP) is 3.96. The summed E-state index contributed by atoms with van der Waals surface area (Å²) in [6.45, 7) is 0. The number of rotatable bonds is 2. The van der Waals surface area contributed by atoms with Crippen molar-refractivity contribution in [3.63, 3.8) is 0 Å². The molecular weight excluding hydrogens is 297 g/mol. The van der Waals surface area contributed by atoms with E-state index in [-0.39, 0.29) is 17.6 Å². The first-order chi connectivity index (χ1) is 8.66. The molecule has 2 saturated carbocycles. The van der Waals surface area contributed by atoms with Gasteiger partial charge in [-0.1, -0.05) is 12.8 Å². The van der Waals surface area contributed by atoms with Crippen LogP contribution in [0.1, 0.15) is 25.7 Å². The van der Waals surface area contributed by atoms with Crippen LogP contribution in [0.25, 0.3) is 0 Å². The van der Waals surface area contributed by atoms with E-state index >= 15 is 0 Å². The Balaban J connectivity index is 1.68. The van der Waals surface area contributed by atoms with Crippen molar-refractivity contribution < 1.29 is 9.18 Å². The predicted molar refractivity (Wildman–Crippen MR) is 71.7 cm³/mol. The fourth-order valence-electron chi connectivity index (χ4n) is 3.19. The molecule has 1 aromatic carbocycles. The van der Waals surface area contributed by atoms with Crippen molar-refractivity contribution in [2.45, 2.75) is 25.7 Å². The van der Waals surface area contributed by atoms with Crippen molar-refractivity contribution in [3.05, 3.63) is 28.5 Å². The van der Waals surface area contributed by atoms with Crippen LogP contribution in [0.3, 0.4) is 0 Å². The van der Waals surface area contributed by atoms with Gasteiger partial charge in [0.1, 0.15) is 5.82 Å². The van der Waals surface area contributed by atoms with Crippen molar-refractivity contribution in [2.24, 2.45) is 17.8 Å². The van der Waals surface area contributed by atoms with Gasteiger partial charge in [0.2, 0.25) is 5.91 Å². The van der Waals surface area contributed by atoms with Crippen LogP contribution in [0.4, 0.5) is 10.1 Å². The summed E-state index contributed by atoms with van der Waals surface area (Å²) in [6, 6.07) is 4.33. The van der Waals surface area contributed by atoms with E-state index < -0.39 is 0 Å². The summed E-state index contributed by atoms with van der Waals surface area (Å²) in [6.07, 6.45) is 4.89. The zero-order chi connectivity index (χ0) is 12.7. The molecule has 3 rings (SSSR count). The number of hydrogen-bond acceptors (Lipinski definition) is 1. The number of benzene rings is 1. The Morgan fingerprint density at radius 2 is 1.94 bits per heavy atom. The van der Waals surface area contributed by atoms with E-state index in [1.807, 2.05) is 0 Å². The first-order valence-electron chi connectivity index (χ1n) is 6.43. The van der Waals surface area contributed by atoms with E-state index in [1.165, 1.54) is 37.8 Å². The maximum atomic E-state index is 13.0. The Morgan fingerprint density at radius 3 is 2.56 bits per heavy atom. The number of nitrogens with one attached hydrogen (secondary N) is 1. The molecule has 2 aliphatic rings. The topological polar surface area (TPSA) is 29.1 Å². The summed E-state index contributed by atoms with van der Waals surface area (Å²) in [5, 5.41) is 2.90. The van der Waals surface area contributed by atoms with Crippen LogP contribution < -0.4 is 5.32 Å². The highest BCUT2D eigenvalue weighted by atomic mass is 79.9. The number of fused-ring (bicyclic) bond motifs is 1. The molecule has 0 bridgehead atoms. The minimum atomic E-state index is -0.306. The normalized spacial score (nSPS) is 29.6. The summed E-state index contributed by atoms with van der Waals surface area (Å²) in [5.74, 6) is 1.17. The molecule has 2 unspecified atom stereocenters. The molecule has 0 spiro atoms. The monoisotopic (exact) mass is 311 g/mol. The second-order valence-electron chi connectivity index (χ2n) is 5.25. The zero-order valence-corrected chi connectivity index (χ0v) is 11.5. The molecule has 1 aromatic rings. The largest absolute Gasteiger partial charge is 0.325 e. The van der Waals surface area contributed by atoms with E-state index in [0.717, 1.165) is 0 Å². The van der Waals surface area contributed by atoms with Gasteiger partial charge in [-0.3, -0.25) is 4.79 Å². The second-order valence-corrected chi connectivity index (χ2v) is 6.11. The van der Waals surface area contributed by atoms with Crippen molar-refractivity contribution >= 4 is 27.5 Å². The van der Waals surface area contributed by atoms with Gasteiger partial charge in [-0.25, -0.2) is 4.39 Å². The molecule has 2 nitrogen and oxygen atoms in total. The van der Waals surface area contributed by atoms with Gasteiger partial charge in [0.15, 0.2) is 0 Å². The second kappa shape index (κ2) is 4.65. The molecule has 0 aromatic heterocycles. The Morgan fingerprint density at radius 1 is 1.28 bits per heavy atom. The van der Waals surface area contributed by atoms with Gasteiger partial charge >= 0.3 is 0 Å². The van der Waals surface area contributed by atoms with Gasteiger partial charge < -0.3 is 5.32 Å². The first-order valence-corrected chi connectivity index (χ1v) is 7.22. The lowest BCUT2D eigenvalue weighted by Crippen LogP contribution is -2.15. The van der Waals surface area contributed by atoms with Crippen molar-refractivity contribution in [2.75, 3.05) is 5.32 Å². The average Bonchev–Trinajstić information content (AvgIpc) is 3.07. The lowest BCUT2D eigenvalue weighted by Gasteiger charge is -2.07. The Hall–Kier alpha value is -0.900. The summed E-state index contributed by atoms with van der Waals surface area (Å²) in [4.78, 5) is 12.2. The Kier molecular flexibility index (Phi) is 3.14. The van der Waals surface area contributed by atoms with E-state index in [9.17, 15) is 9.18 Å².